The molecule has 120 valence electrons. The first kappa shape index (κ1) is 17.4. The third kappa shape index (κ3) is 3.69. The van der Waals surface area contributed by atoms with Crippen LogP contribution in [0.15, 0.2) is 38.9 Å². The van der Waals surface area contributed by atoms with Crippen molar-refractivity contribution in [2.75, 3.05) is 6.54 Å². The van der Waals surface area contributed by atoms with Crippen LogP contribution in [0.3, 0.4) is 0 Å². The van der Waals surface area contributed by atoms with Gasteiger partial charge in [-0.1, -0.05) is 46.6 Å². The monoisotopic (exact) mass is 406 g/mol. The summed E-state index contributed by atoms with van der Waals surface area (Å²) in [6.45, 7) is 2.20. The van der Waals surface area contributed by atoms with Crippen LogP contribution in [-0.2, 0) is 10.2 Å². The van der Waals surface area contributed by atoms with E-state index in [9.17, 15) is 8.42 Å². The summed E-state index contributed by atoms with van der Waals surface area (Å²) in [5.74, 6) is 0. The highest BCUT2D eigenvalue weighted by molar-refractivity contribution is 9.10. The molecule has 0 saturated heterocycles. The number of benzene rings is 1. The largest absolute Gasteiger partial charge is 0.306 e. The summed E-state index contributed by atoms with van der Waals surface area (Å²) in [5, 5.41) is 0.178. The Bertz CT molecular complexity index is 703. The Hall–Kier alpha value is -0.930. The highest BCUT2D eigenvalue weighted by Gasteiger charge is 2.32. The number of aliphatic imine (C=N–C) groups is 1. The van der Waals surface area contributed by atoms with Crippen LogP contribution in [0, 0.1) is 0 Å². The number of nitrogens with two attached hydrogens (primary N) is 1. The van der Waals surface area contributed by atoms with Gasteiger partial charge in [-0.25, -0.2) is 9.30 Å². The lowest BCUT2D eigenvalue weighted by Crippen LogP contribution is -2.51. The van der Waals surface area contributed by atoms with Gasteiger partial charge >= 0.3 is 10.2 Å². The summed E-state index contributed by atoms with van der Waals surface area (Å²) < 4.78 is 28.9. The minimum absolute atomic E-state index is 0.178. The van der Waals surface area contributed by atoms with Crippen molar-refractivity contribution in [3.63, 3.8) is 0 Å². The third-order valence-electron chi connectivity index (χ3n) is 3.04. The van der Waals surface area contributed by atoms with Gasteiger partial charge in [-0.3, -0.25) is 0 Å². The maximum Gasteiger partial charge on any atom is 0.303 e. The highest BCUT2D eigenvalue weighted by Crippen LogP contribution is 2.30. The van der Waals surface area contributed by atoms with Crippen LogP contribution in [0.2, 0.25) is 0 Å². The average molecular weight is 408 g/mol. The molecule has 0 spiro atoms. The van der Waals surface area contributed by atoms with Crippen LogP contribution in [-0.4, -0.2) is 31.8 Å². The first-order valence-corrected chi connectivity index (χ1v) is 9.21. The lowest BCUT2D eigenvalue weighted by molar-refractivity contribution is 0.481. The molecule has 2 rings (SSSR count). The molecule has 0 amide bonds. The van der Waals surface area contributed by atoms with E-state index in [4.69, 9.17) is 17.3 Å². The second-order valence-electron chi connectivity index (χ2n) is 4.63. The van der Waals surface area contributed by atoms with Gasteiger partial charge in [0.2, 0.25) is 0 Å². The van der Waals surface area contributed by atoms with Crippen molar-refractivity contribution in [1.29, 1.82) is 0 Å². The van der Waals surface area contributed by atoms with Crippen molar-refractivity contribution in [3.8, 4) is 0 Å². The lowest BCUT2D eigenvalue weighted by atomic mass is 10.0. The normalized spacial score (nSPS) is 18.9. The molecule has 0 aromatic heterocycles. The number of hydrogen-bond donors (Lipinski definition) is 2. The fourth-order valence-corrected chi connectivity index (χ4v) is 3.65. The number of nitrogens with zero attached hydrogens (tertiary/aromatic N) is 2. The van der Waals surface area contributed by atoms with E-state index in [-0.39, 0.29) is 5.16 Å². The van der Waals surface area contributed by atoms with Gasteiger partial charge in [-0.05, 0) is 24.1 Å². The fraction of sp³-hybridized carbons (Fsp3) is 0.308. The van der Waals surface area contributed by atoms with Gasteiger partial charge in [-0.2, -0.15) is 13.1 Å². The van der Waals surface area contributed by atoms with Gasteiger partial charge in [0.05, 0.1) is 0 Å². The topological polar surface area (TPSA) is 87.8 Å². The molecule has 1 aliphatic heterocycles. The minimum atomic E-state index is -3.76. The van der Waals surface area contributed by atoms with Crippen LogP contribution in [0.5, 0.6) is 0 Å². The molecule has 3 N–H and O–H groups in total. The van der Waals surface area contributed by atoms with Crippen LogP contribution in [0.4, 0.5) is 0 Å². The van der Waals surface area contributed by atoms with E-state index in [1.165, 1.54) is 0 Å². The van der Waals surface area contributed by atoms with Crippen molar-refractivity contribution >= 4 is 49.7 Å². The highest BCUT2D eigenvalue weighted by atomic mass is 79.9. The second kappa shape index (κ2) is 7.10. The van der Waals surface area contributed by atoms with E-state index in [1.54, 1.807) is 12.1 Å². The van der Waals surface area contributed by atoms with Crippen LogP contribution in [0.25, 0.3) is 5.57 Å². The average Bonchev–Trinajstić information content (AvgIpc) is 2.47. The first-order chi connectivity index (χ1) is 10.4. The summed E-state index contributed by atoms with van der Waals surface area (Å²) in [7, 11) is -3.76. The van der Waals surface area contributed by atoms with Crippen molar-refractivity contribution in [1.82, 2.24) is 9.03 Å². The Morgan fingerprint density at radius 3 is 2.64 bits per heavy atom. The zero-order valence-corrected chi connectivity index (χ0v) is 15.0. The molecule has 0 saturated carbocycles. The van der Waals surface area contributed by atoms with E-state index in [1.807, 2.05) is 19.1 Å². The van der Waals surface area contributed by atoms with E-state index in [0.29, 0.717) is 24.1 Å². The van der Waals surface area contributed by atoms with Gasteiger partial charge in [0.15, 0.2) is 0 Å². The van der Waals surface area contributed by atoms with E-state index < -0.39 is 16.4 Å². The number of halogens is 2. The number of rotatable bonds is 5. The van der Waals surface area contributed by atoms with Crippen LogP contribution >= 0.6 is 27.5 Å². The Morgan fingerprint density at radius 2 is 2.05 bits per heavy atom. The van der Waals surface area contributed by atoms with Gasteiger partial charge in [-0.15, -0.1) is 0 Å². The van der Waals surface area contributed by atoms with Gasteiger partial charge in [0.25, 0.3) is 0 Å². The predicted octanol–water partition coefficient (Wildman–Crippen LogP) is 2.23. The van der Waals surface area contributed by atoms with Crippen molar-refractivity contribution in [3.05, 3.63) is 39.5 Å². The Balaban J connectivity index is 2.36. The van der Waals surface area contributed by atoms with Crippen molar-refractivity contribution < 1.29 is 8.42 Å². The third-order valence-corrected chi connectivity index (χ3v) is 5.32. The molecule has 0 radical (unpaired) electrons. The standard InChI is InChI=1S/C13H16BrClN4O2S/c1-2-7-18-22(20,21)19-8-17-12(15)11(13(19)16)9-3-5-10(14)6-4-9/h3-6,8,13,18H,2,7,16H2,1H3. The maximum absolute atomic E-state index is 12.3. The molecule has 9 heteroatoms. The summed E-state index contributed by atoms with van der Waals surface area (Å²) in [6, 6.07) is 7.25. The first-order valence-electron chi connectivity index (χ1n) is 6.60. The molecule has 6 nitrogen and oxygen atoms in total. The van der Waals surface area contributed by atoms with E-state index in [2.05, 4.69) is 25.6 Å². The summed E-state index contributed by atoms with van der Waals surface area (Å²) in [4.78, 5) is 3.95. The predicted molar refractivity (Wildman–Crippen MR) is 92.4 cm³/mol. The Labute approximate surface area is 143 Å². The molecule has 1 atom stereocenters. The Kier molecular flexibility index (Phi) is 5.62. The van der Waals surface area contributed by atoms with Crippen LogP contribution in [0.1, 0.15) is 18.9 Å². The molecule has 1 heterocycles. The molecule has 1 aromatic carbocycles. The Morgan fingerprint density at radius 1 is 1.41 bits per heavy atom. The summed E-state index contributed by atoms with van der Waals surface area (Å²) in [5.41, 5.74) is 7.28. The zero-order chi connectivity index (χ0) is 16.3. The molecule has 0 aliphatic carbocycles. The minimum Gasteiger partial charge on any atom is -0.306 e. The number of hydrogen-bond acceptors (Lipinski definition) is 4. The maximum atomic E-state index is 12.3. The van der Waals surface area contributed by atoms with Crippen molar-refractivity contribution in [2.45, 2.75) is 19.5 Å². The molecule has 0 fully saturated rings. The quantitative estimate of drug-likeness (QED) is 0.734. The lowest BCUT2D eigenvalue weighted by Gasteiger charge is -2.31. The molecular formula is C13H16BrClN4O2S. The molecule has 1 unspecified atom stereocenters. The van der Waals surface area contributed by atoms with Gasteiger partial charge in [0.1, 0.15) is 17.7 Å². The second-order valence-corrected chi connectivity index (χ2v) is 7.56. The molecule has 22 heavy (non-hydrogen) atoms. The van der Waals surface area contributed by atoms with Crippen molar-refractivity contribution in [2.24, 2.45) is 10.7 Å². The molecule has 0 bridgehead atoms. The summed E-state index contributed by atoms with van der Waals surface area (Å²) >= 11 is 9.47. The van der Waals surface area contributed by atoms with E-state index >= 15 is 0 Å². The van der Waals surface area contributed by atoms with Gasteiger partial charge in [0, 0.05) is 16.6 Å². The van der Waals surface area contributed by atoms with Gasteiger partial charge < -0.3 is 5.73 Å². The van der Waals surface area contributed by atoms with Crippen LogP contribution < -0.4 is 10.5 Å². The number of nitrogens with one attached hydrogen (secondary N) is 1. The summed E-state index contributed by atoms with van der Waals surface area (Å²) in [6.07, 6.45) is 0.865. The fourth-order valence-electron chi connectivity index (χ4n) is 1.93. The molecule has 1 aliphatic rings. The molecule has 1 aromatic rings. The SMILES string of the molecule is CCCNS(=O)(=O)N1C=NC(Cl)=C(c2ccc(Br)cc2)C1N. The van der Waals surface area contributed by atoms with E-state index in [0.717, 1.165) is 15.1 Å². The smallest absolute Gasteiger partial charge is 0.303 e. The molecular weight excluding hydrogens is 392 g/mol. The zero-order valence-electron chi connectivity index (χ0n) is 11.8.